The van der Waals surface area contributed by atoms with Crippen molar-refractivity contribution in [2.24, 2.45) is 0 Å². The summed E-state index contributed by atoms with van der Waals surface area (Å²) >= 11 is 3.44. The molecular weight excluding hydrogens is 535 g/mol. The highest BCUT2D eigenvalue weighted by atomic mass is 79.9. The summed E-state index contributed by atoms with van der Waals surface area (Å²) < 4.78 is 17.0. The predicted molar refractivity (Wildman–Crippen MR) is 151 cm³/mol. The van der Waals surface area contributed by atoms with Gasteiger partial charge in [-0.05, 0) is 77.1 Å². The molecule has 1 saturated heterocycles. The molecule has 0 unspecified atom stereocenters. The van der Waals surface area contributed by atoms with E-state index >= 15 is 0 Å². The number of hydrogen-bond acceptors (Lipinski definition) is 4. The fourth-order valence-corrected chi connectivity index (χ4v) is 4.95. The third-order valence-electron chi connectivity index (χ3n) is 6.86. The van der Waals surface area contributed by atoms with Gasteiger partial charge in [0.1, 0.15) is 11.6 Å². The number of carbonyl (C=O) groups excluding carboxylic acids is 1. The first kappa shape index (κ1) is 27.1. The van der Waals surface area contributed by atoms with E-state index in [-0.39, 0.29) is 17.9 Å². The number of amides is 2. The number of halogens is 2. The molecule has 4 rings (SSSR count). The quantitative estimate of drug-likeness (QED) is 0.375. The van der Waals surface area contributed by atoms with Gasteiger partial charge >= 0.3 is 6.03 Å². The third-order valence-corrected chi connectivity index (χ3v) is 7.39. The molecule has 0 bridgehead atoms. The van der Waals surface area contributed by atoms with E-state index in [1.807, 2.05) is 60.7 Å². The standard InChI is InChI=1S/C28H36BrFN6O/c1-19(2)33-13-15-34(16-14-33)27-26(21(5)32-36(27)25-8-6-7-23(30)17-25)18-35(20(3)4)28(37)31-24-11-9-22(29)10-12-24/h6-12,17,19-20H,13-16,18H2,1-5H3,(H,31,37). The van der Waals surface area contributed by atoms with Crippen molar-refractivity contribution in [2.45, 2.75) is 53.2 Å². The van der Waals surface area contributed by atoms with Gasteiger partial charge in [0, 0.05) is 54.0 Å². The van der Waals surface area contributed by atoms with Crippen LogP contribution in [-0.2, 0) is 6.54 Å². The average molecular weight is 572 g/mol. The van der Waals surface area contributed by atoms with Crippen molar-refractivity contribution in [1.29, 1.82) is 0 Å². The van der Waals surface area contributed by atoms with Crippen LogP contribution in [0.3, 0.4) is 0 Å². The third kappa shape index (κ3) is 6.33. The zero-order valence-electron chi connectivity index (χ0n) is 22.2. The number of rotatable bonds is 7. The Morgan fingerprint density at radius 1 is 1.08 bits per heavy atom. The Hall–Kier alpha value is -2.91. The van der Waals surface area contributed by atoms with Crippen LogP contribution < -0.4 is 10.2 Å². The molecule has 0 aliphatic carbocycles. The van der Waals surface area contributed by atoms with E-state index in [0.717, 1.165) is 53.4 Å². The van der Waals surface area contributed by atoms with Crippen molar-refractivity contribution in [3.8, 4) is 5.69 Å². The first-order valence-electron chi connectivity index (χ1n) is 12.8. The predicted octanol–water partition coefficient (Wildman–Crippen LogP) is 6.06. The molecule has 0 saturated carbocycles. The maximum Gasteiger partial charge on any atom is 0.322 e. The number of aryl methyl sites for hydroxylation is 1. The number of nitrogens with one attached hydrogen (secondary N) is 1. The molecule has 0 radical (unpaired) electrons. The van der Waals surface area contributed by atoms with Crippen LogP contribution in [0, 0.1) is 12.7 Å². The molecule has 2 amide bonds. The molecule has 3 aromatic rings. The topological polar surface area (TPSA) is 56.6 Å². The van der Waals surface area contributed by atoms with Crippen molar-refractivity contribution in [3.05, 3.63) is 70.1 Å². The molecule has 0 spiro atoms. The van der Waals surface area contributed by atoms with Crippen molar-refractivity contribution >= 4 is 33.5 Å². The molecular formula is C28H36BrFN6O. The minimum Gasteiger partial charge on any atom is -0.354 e. The summed E-state index contributed by atoms with van der Waals surface area (Å²) in [4.78, 5) is 20.0. The molecule has 1 aliphatic heterocycles. The largest absolute Gasteiger partial charge is 0.354 e. The monoisotopic (exact) mass is 570 g/mol. The molecule has 1 N–H and O–H groups in total. The molecule has 1 aromatic heterocycles. The Morgan fingerprint density at radius 3 is 2.35 bits per heavy atom. The number of aromatic nitrogens is 2. The summed E-state index contributed by atoms with van der Waals surface area (Å²) in [6, 6.07) is 14.3. The number of carbonyl (C=O) groups is 1. The SMILES string of the molecule is Cc1nn(-c2cccc(F)c2)c(N2CCN(C(C)C)CC2)c1CN(C(=O)Nc1ccc(Br)cc1)C(C)C. The van der Waals surface area contributed by atoms with Crippen molar-refractivity contribution < 1.29 is 9.18 Å². The van der Waals surface area contributed by atoms with Crippen LogP contribution in [0.1, 0.15) is 39.0 Å². The first-order chi connectivity index (χ1) is 17.6. The van der Waals surface area contributed by atoms with Crippen LogP contribution in [-0.4, -0.2) is 63.9 Å². The normalized spacial score (nSPS) is 14.5. The summed E-state index contributed by atoms with van der Waals surface area (Å²) in [7, 11) is 0. The van der Waals surface area contributed by atoms with Crippen LogP contribution in [0.5, 0.6) is 0 Å². The molecule has 9 heteroatoms. The van der Waals surface area contributed by atoms with Crippen LogP contribution >= 0.6 is 15.9 Å². The highest BCUT2D eigenvalue weighted by Gasteiger charge is 2.29. The van der Waals surface area contributed by atoms with Crippen LogP contribution in [0.2, 0.25) is 0 Å². The van der Waals surface area contributed by atoms with E-state index in [2.05, 4.69) is 44.9 Å². The minimum absolute atomic E-state index is 0.0435. The van der Waals surface area contributed by atoms with Crippen LogP contribution in [0.15, 0.2) is 53.0 Å². The summed E-state index contributed by atoms with van der Waals surface area (Å²) in [6.45, 7) is 14.3. The number of hydrogen-bond donors (Lipinski definition) is 1. The summed E-state index contributed by atoms with van der Waals surface area (Å²) in [5, 5.41) is 7.87. The van der Waals surface area contributed by atoms with Gasteiger partial charge in [-0.3, -0.25) is 4.90 Å². The second-order valence-electron chi connectivity index (χ2n) is 10.1. The number of benzene rings is 2. The van der Waals surface area contributed by atoms with Gasteiger partial charge in [0.15, 0.2) is 0 Å². The van der Waals surface area contributed by atoms with E-state index in [4.69, 9.17) is 5.10 Å². The van der Waals surface area contributed by atoms with E-state index in [1.54, 1.807) is 6.07 Å². The highest BCUT2D eigenvalue weighted by Crippen LogP contribution is 2.31. The van der Waals surface area contributed by atoms with E-state index in [0.29, 0.717) is 18.3 Å². The Kier molecular flexibility index (Phi) is 8.54. The molecule has 37 heavy (non-hydrogen) atoms. The Balaban J connectivity index is 1.69. The second-order valence-corrected chi connectivity index (χ2v) is 11.0. The van der Waals surface area contributed by atoms with E-state index in [9.17, 15) is 9.18 Å². The van der Waals surface area contributed by atoms with Gasteiger partial charge in [0.05, 0.1) is 17.9 Å². The Morgan fingerprint density at radius 2 is 1.76 bits per heavy atom. The average Bonchev–Trinajstić information content (AvgIpc) is 3.19. The van der Waals surface area contributed by atoms with Crippen molar-refractivity contribution in [2.75, 3.05) is 36.4 Å². The fraction of sp³-hybridized carbons (Fsp3) is 0.429. The van der Waals surface area contributed by atoms with Crippen LogP contribution in [0.4, 0.5) is 20.7 Å². The molecule has 0 atom stereocenters. The molecule has 2 aromatic carbocycles. The minimum atomic E-state index is -0.305. The maximum atomic E-state index is 14.2. The second kappa shape index (κ2) is 11.6. The maximum absolute atomic E-state index is 14.2. The summed E-state index contributed by atoms with van der Waals surface area (Å²) in [5.74, 6) is 0.620. The molecule has 2 heterocycles. The zero-order valence-corrected chi connectivity index (χ0v) is 23.8. The van der Waals surface area contributed by atoms with Gasteiger partial charge in [0.25, 0.3) is 0 Å². The Bertz CT molecular complexity index is 1220. The number of urea groups is 1. The van der Waals surface area contributed by atoms with Gasteiger partial charge in [-0.25, -0.2) is 13.9 Å². The first-order valence-corrected chi connectivity index (χ1v) is 13.6. The van der Waals surface area contributed by atoms with Gasteiger partial charge in [0.2, 0.25) is 0 Å². The van der Waals surface area contributed by atoms with Crippen molar-refractivity contribution in [1.82, 2.24) is 19.6 Å². The molecule has 198 valence electrons. The number of nitrogens with zero attached hydrogens (tertiary/aromatic N) is 5. The smallest absolute Gasteiger partial charge is 0.322 e. The highest BCUT2D eigenvalue weighted by molar-refractivity contribution is 9.10. The zero-order chi connectivity index (χ0) is 26.7. The number of anilines is 2. The summed E-state index contributed by atoms with van der Waals surface area (Å²) in [5.41, 5.74) is 3.21. The molecule has 7 nitrogen and oxygen atoms in total. The lowest BCUT2D eigenvalue weighted by Crippen LogP contribution is -2.49. The van der Waals surface area contributed by atoms with Gasteiger partial charge in [-0.2, -0.15) is 5.10 Å². The lowest BCUT2D eigenvalue weighted by Gasteiger charge is -2.39. The van der Waals surface area contributed by atoms with Gasteiger partial charge < -0.3 is 15.1 Å². The van der Waals surface area contributed by atoms with Gasteiger partial charge in [-0.1, -0.05) is 22.0 Å². The van der Waals surface area contributed by atoms with Crippen LogP contribution in [0.25, 0.3) is 5.69 Å². The van der Waals surface area contributed by atoms with Gasteiger partial charge in [-0.15, -0.1) is 0 Å². The lowest BCUT2D eigenvalue weighted by molar-refractivity contribution is 0.193. The lowest BCUT2D eigenvalue weighted by atomic mass is 10.1. The van der Waals surface area contributed by atoms with E-state index in [1.165, 1.54) is 12.1 Å². The molecule has 1 aliphatic rings. The summed E-state index contributed by atoms with van der Waals surface area (Å²) in [6.07, 6.45) is 0. The van der Waals surface area contributed by atoms with Crippen molar-refractivity contribution in [3.63, 3.8) is 0 Å². The fourth-order valence-electron chi connectivity index (χ4n) is 4.68. The van der Waals surface area contributed by atoms with E-state index < -0.39 is 0 Å². The number of piperazine rings is 1. The Labute approximate surface area is 227 Å². The molecule has 1 fully saturated rings.